The molecule has 0 bridgehead atoms. The van der Waals surface area contributed by atoms with Crippen molar-refractivity contribution in [1.29, 1.82) is 0 Å². The lowest BCUT2D eigenvalue weighted by molar-refractivity contribution is -0.120. The van der Waals surface area contributed by atoms with Gasteiger partial charge in [-0.3, -0.25) is 9.89 Å². The van der Waals surface area contributed by atoms with Gasteiger partial charge in [0.05, 0.1) is 11.4 Å². The minimum absolute atomic E-state index is 0.139. The molecule has 23 heavy (non-hydrogen) atoms. The first-order valence-corrected chi connectivity index (χ1v) is 8.49. The lowest BCUT2D eigenvalue weighted by Crippen LogP contribution is -2.25. The molecule has 1 amide bonds. The summed E-state index contributed by atoms with van der Waals surface area (Å²) in [5, 5.41) is 10.6. The number of carbonyl (C=O) groups is 1. The molecule has 2 N–H and O–H groups in total. The summed E-state index contributed by atoms with van der Waals surface area (Å²) < 4.78 is 0. The molecule has 1 saturated carbocycles. The number of hydrogen-bond donors (Lipinski definition) is 2. The van der Waals surface area contributed by atoms with Crippen LogP contribution >= 0.6 is 0 Å². The molecule has 2 aromatic rings. The summed E-state index contributed by atoms with van der Waals surface area (Å²) in [4.78, 5) is 12.6. The van der Waals surface area contributed by atoms with Gasteiger partial charge >= 0.3 is 0 Å². The van der Waals surface area contributed by atoms with Crippen molar-refractivity contribution >= 4 is 11.6 Å². The molecular formula is C19H25N3O. The van der Waals surface area contributed by atoms with Crippen LogP contribution in [0.3, 0.4) is 0 Å². The second kappa shape index (κ2) is 6.57. The maximum Gasteiger partial charge on any atom is 0.227 e. The van der Waals surface area contributed by atoms with E-state index in [1.165, 1.54) is 17.5 Å². The molecule has 1 aliphatic rings. The normalized spacial score (nSPS) is 15.6. The van der Waals surface area contributed by atoms with Crippen LogP contribution < -0.4 is 5.32 Å². The minimum Gasteiger partial charge on any atom is -0.322 e. The minimum atomic E-state index is 0.139. The van der Waals surface area contributed by atoms with E-state index in [4.69, 9.17) is 0 Å². The molecule has 0 radical (unpaired) electrons. The number of aromatic amines is 1. The van der Waals surface area contributed by atoms with Crippen molar-refractivity contribution in [3.63, 3.8) is 0 Å². The Labute approximate surface area is 137 Å². The van der Waals surface area contributed by atoms with Crippen LogP contribution in [0, 0.1) is 26.7 Å². The standard InChI is InChI=1S/C19H25N3O/c1-12-9-10-16(13(2)11-12)18-17(14(3)21-22-18)20-19(23)15-7-5-4-6-8-15/h9-11,15H,4-8H2,1-3H3,(H,20,23)(H,21,22). The van der Waals surface area contributed by atoms with Gasteiger partial charge in [0.2, 0.25) is 5.91 Å². The van der Waals surface area contributed by atoms with Crippen molar-refractivity contribution < 1.29 is 4.79 Å². The number of rotatable bonds is 3. The summed E-state index contributed by atoms with van der Waals surface area (Å²) in [6.07, 6.45) is 5.57. The highest BCUT2D eigenvalue weighted by molar-refractivity contribution is 5.97. The predicted molar refractivity (Wildman–Crippen MR) is 93.4 cm³/mol. The van der Waals surface area contributed by atoms with E-state index in [2.05, 4.69) is 47.6 Å². The van der Waals surface area contributed by atoms with Crippen LogP contribution in [0.4, 0.5) is 5.69 Å². The molecule has 4 nitrogen and oxygen atoms in total. The van der Waals surface area contributed by atoms with E-state index in [1.807, 2.05) is 6.92 Å². The van der Waals surface area contributed by atoms with E-state index in [9.17, 15) is 4.79 Å². The van der Waals surface area contributed by atoms with E-state index in [0.717, 1.165) is 48.3 Å². The van der Waals surface area contributed by atoms with Crippen LogP contribution in [0.25, 0.3) is 11.3 Å². The highest BCUT2D eigenvalue weighted by Crippen LogP contribution is 2.32. The third-order valence-electron chi connectivity index (χ3n) is 4.81. The zero-order valence-corrected chi connectivity index (χ0v) is 14.2. The number of anilines is 1. The Hall–Kier alpha value is -2.10. The van der Waals surface area contributed by atoms with Crippen molar-refractivity contribution in [2.75, 3.05) is 5.32 Å². The molecule has 122 valence electrons. The number of hydrogen-bond acceptors (Lipinski definition) is 2. The van der Waals surface area contributed by atoms with Crippen LogP contribution in [-0.2, 0) is 4.79 Å². The maximum absolute atomic E-state index is 12.6. The maximum atomic E-state index is 12.6. The number of H-pyrrole nitrogens is 1. The van der Waals surface area contributed by atoms with Gasteiger partial charge in [0.15, 0.2) is 0 Å². The highest BCUT2D eigenvalue weighted by atomic mass is 16.1. The molecule has 4 heteroatoms. The summed E-state index contributed by atoms with van der Waals surface area (Å²) in [5.74, 6) is 0.283. The monoisotopic (exact) mass is 311 g/mol. The van der Waals surface area contributed by atoms with Gasteiger partial charge in [-0.15, -0.1) is 0 Å². The zero-order chi connectivity index (χ0) is 16.4. The van der Waals surface area contributed by atoms with Crippen molar-refractivity contribution in [3.8, 4) is 11.3 Å². The van der Waals surface area contributed by atoms with Gasteiger partial charge in [-0.25, -0.2) is 0 Å². The lowest BCUT2D eigenvalue weighted by atomic mass is 9.88. The fourth-order valence-corrected chi connectivity index (χ4v) is 3.45. The summed E-state index contributed by atoms with van der Waals surface area (Å²) in [5.41, 5.74) is 6.04. The number of nitrogens with zero attached hydrogens (tertiary/aromatic N) is 1. The quantitative estimate of drug-likeness (QED) is 0.875. The first-order chi connectivity index (χ1) is 11.1. The smallest absolute Gasteiger partial charge is 0.227 e. The Morgan fingerprint density at radius 2 is 1.91 bits per heavy atom. The summed E-state index contributed by atoms with van der Waals surface area (Å²) in [6, 6.07) is 6.31. The fourth-order valence-electron chi connectivity index (χ4n) is 3.45. The van der Waals surface area contributed by atoms with Gasteiger partial charge in [-0.05, 0) is 39.2 Å². The van der Waals surface area contributed by atoms with Gasteiger partial charge in [0.1, 0.15) is 5.69 Å². The average Bonchev–Trinajstić information content (AvgIpc) is 2.89. The van der Waals surface area contributed by atoms with Crippen LogP contribution in [0.5, 0.6) is 0 Å². The lowest BCUT2D eigenvalue weighted by Gasteiger charge is -2.21. The molecule has 0 saturated heterocycles. The molecule has 0 spiro atoms. The van der Waals surface area contributed by atoms with Gasteiger partial charge in [0.25, 0.3) is 0 Å². The molecule has 3 rings (SSSR count). The van der Waals surface area contributed by atoms with Gasteiger partial charge in [-0.1, -0.05) is 43.0 Å². The molecule has 1 aromatic heterocycles. The van der Waals surface area contributed by atoms with E-state index >= 15 is 0 Å². The van der Waals surface area contributed by atoms with E-state index in [-0.39, 0.29) is 11.8 Å². The average molecular weight is 311 g/mol. The summed E-state index contributed by atoms with van der Waals surface area (Å²) in [7, 11) is 0. The third-order valence-corrected chi connectivity index (χ3v) is 4.81. The molecule has 1 fully saturated rings. The number of nitrogens with one attached hydrogen (secondary N) is 2. The summed E-state index contributed by atoms with van der Waals surface area (Å²) in [6.45, 7) is 6.12. The van der Waals surface area contributed by atoms with Crippen molar-refractivity contribution in [1.82, 2.24) is 10.2 Å². The van der Waals surface area contributed by atoms with Crippen molar-refractivity contribution in [3.05, 3.63) is 35.0 Å². The third kappa shape index (κ3) is 3.31. The topological polar surface area (TPSA) is 57.8 Å². The number of aromatic nitrogens is 2. The molecule has 0 unspecified atom stereocenters. The fraction of sp³-hybridized carbons (Fsp3) is 0.474. The zero-order valence-electron chi connectivity index (χ0n) is 14.2. The SMILES string of the molecule is Cc1ccc(-c2n[nH]c(C)c2NC(=O)C2CCCCC2)c(C)c1. The van der Waals surface area contributed by atoms with Crippen LogP contribution in [0.15, 0.2) is 18.2 Å². The van der Waals surface area contributed by atoms with Gasteiger partial charge in [0, 0.05) is 11.5 Å². The van der Waals surface area contributed by atoms with Gasteiger partial charge < -0.3 is 5.32 Å². The Kier molecular flexibility index (Phi) is 4.51. The first kappa shape index (κ1) is 15.8. The number of benzene rings is 1. The Morgan fingerprint density at radius 3 is 2.61 bits per heavy atom. The van der Waals surface area contributed by atoms with Crippen LogP contribution in [0.2, 0.25) is 0 Å². The Morgan fingerprint density at radius 1 is 1.17 bits per heavy atom. The van der Waals surface area contributed by atoms with E-state index in [0.29, 0.717) is 0 Å². The number of aryl methyl sites for hydroxylation is 3. The Bertz CT molecular complexity index is 711. The summed E-state index contributed by atoms with van der Waals surface area (Å²) >= 11 is 0. The van der Waals surface area contributed by atoms with E-state index < -0.39 is 0 Å². The highest BCUT2D eigenvalue weighted by Gasteiger charge is 2.24. The molecule has 1 heterocycles. The second-order valence-electron chi connectivity index (χ2n) is 6.71. The van der Waals surface area contributed by atoms with E-state index in [1.54, 1.807) is 0 Å². The molecule has 0 atom stereocenters. The van der Waals surface area contributed by atoms with Crippen LogP contribution in [-0.4, -0.2) is 16.1 Å². The second-order valence-corrected chi connectivity index (χ2v) is 6.71. The molecular weight excluding hydrogens is 286 g/mol. The van der Waals surface area contributed by atoms with Crippen LogP contribution in [0.1, 0.15) is 48.9 Å². The number of amides is 1. The number of carbonyl (C=O) groups excluding carboxylic acids is 1. The predicted octanol–water partition coefficient (Wildman–Crippen LogP) is 4.52. The molecule has 1 aromatic carbocycles. The Balaban J connectivity index is 1.88. The first-order valence-electron chi connectivity index (χ1n) is 8.49. The molecule has 0 aliphatic heterocycles. The van der Waals surface area contributed by atoms with Gasteiger partial charge in [-0.2, -0.15) is 5.10 Å². The van der Waals surface area contributed by atoms with Crippen molar-refractivity contribution in [2.45, 2.75) is 52.9 Å². The largest absolute Gasteiger partial charge is 0.322 e. The van der Waals surface area contributed by atoms with Crippen molar-refractivity contribution in [2.24, 2.45) is 5.92 Å². The molecule has 1 aliphatic carbocycles.